The smallest absolute Gasteiger partial charge is 0.258 e. The van der Waals surface area contributed by atoms with Gasteiger partial charge < -0.3 is 0 Å². The van der Waals surface area contributed by atoms with Crippen molar-refractivity contribution in [1.29, 1.82) is 0 Å². The minimum absolute atomic E-state index is 0.134. The van der Waals surface area contributed by atoms with Crippen LogP contribution in [-0.4, -0.2) is 31.1 Å². The summed E-state index contributed by atoms with van der Waals surface area (Å²) in [5.74, 6) is -5.73. The van der Waals surface area contributed by atoms with Crippen molar-refractivity contribution in [3.8, 4) is 0 Å². The van der Waals surface area contributed by atoms with Crippen molar-refractivity contribution in [2.45, 2.75) is 25.8 Å². The van der Waals surface area contributed by atoms with Crippen molar-refractivity contribution in [3.05, 3.63) is 45.8 Å². The van der Waals surface area contributed by atoms with Crippen LogP contribution in [0.1, 0.15) is 17.2 Å². The van der Waals surface area contributed by atoms with E-state index in [9.17, 15) is 27.7 Å². The van der Waals surface area contributed by atoms with Gasteiger partial charge in [-0.1, -0.05) is 0 Å². The largest absolute Gasteiger partial charge is 0.367 e. The average Bonchev–Trinajstić information content (AvgIpc) is 2.87. The van der Waals surface area contributed by atoms with Crippen LogP contribution in [0.5, 0.6) is 0 Å². The number of nitrogens with zero attached hydrogens (tertiary/aromatic N) is 5. The fourth-order valence-electron chi connectivity index (χ4n) is 1.67. The lowest BCUT2D eigenvalue weighted by molar-refractivity contribution is -0.385. The molecule has 118 valence electrons. The molecule has 0 radical (unpaired) electrons. The third-order valence-corrected chi connectivity index (χ3v) is 2.74. The van der Waals surface area contributed by atoms with Gasteiger partial charge in [0, 0.05) is 6.07 Å². The Balaban J connectivity index is 2.21. The predicted octanol–water partition coefficient (Wildman–Crippen LogP) is 2.29. The maximum Gasteiger partial charge on any atom is 0.367 e. The van der Waals surface area contributed by atoms with Gasteiger partial charge in [-0.25, -0.2) is 23.4 Å². The summed E-state index contributed by atoms with van der Waals surface area (Å²) < 4.78 is 51.4. The molecule has 2 aromatic heterocycles. The molecule has 0 saturated heterocycles. The zero-order valence-electron chi connectivity index (χ0n) is 11.1. The zero-order valence-corrected chi connectivity index (χ0v) is 11.1. The van der Waals surface area contributed by atoms with Crippen LogP contribution in [0.2, 0.25) is 0 Å². The summed E-state index contributed by atoms with van der Waals surface area (Å²) in [4.78, 5) is 17.1. The van der Waals surface area contributed by atoms with E-state index in [1.807, 2.05) is 0 Å². The van der Waals surface area contributed by atoms with Gasteiger partial charge in [0.1, 0.15) is 12.0 Å². The van der Waals surface area contributed by atoms with Crippen LogP contribution in [-0.2, 0) is 12.5 Å². The maximum atomic E-state index is 13.1. The summed E-state index contributed by atoms with van der Waals surface area (Å²) in [6, 6.07) is 2.53. The van der Waals surface area contributed by atoms with Crippen molar-refractivity contribution in [3.63, 3.8) is 0 Å². The van der Waals surface area contributed by atoms with Crippen LogP contribution in [0.15, 0.2) is 18.5 Å². The number of hydrogen-bond donors (Lipinski definition) is 0. The Hall–Kier alpha value is -2.59. The highest BCUT2D eigenvalue weighted by Crippen LogP contribution is 2.31. The van der Waals surface area contributed by atoms with E-state index in [1.54, 1.807) is 0 Å². The molecule has 0 bridgehead atoms. The number of halogens is 4. The molecule has 0 unspecified atom stereocenters. The summed E-state index contributed by atoms with van der Waals surface area (Å²) in [5.41, 5.74) is 0.243. The second-order valence-corrected chi connectivity index (χ2v) is 4.35. The van der Waals surface area contributed by atoms with E-state index in [0.29, 0.717) is 5.69 Å². The molecule has 0 aliphatic carbocycles. The second kappa shape index (κ2) is 5.66. The van der Waals surface area contributed by atoms with E-state index in [4.69, 9.17) is 0 Å². The molecule has 2 heterocycles. The highest BCUT2D eigenvalue weighted by Gasteiger charge is 2.46. The molecule has 11 heteroatoms. The first-order valence-electron chi connectivity index (χ1n) is 5.88. The summed E-state index contributed by atoms with van der Waals surface area (Å²) >= 11 is 0. The second-order valence-electron chi connectivity index (χ2n) is 4.35. The van der Waals surface area contributed by atoms with Gasteiger partial charge in [0.25, 0.3) is 5.69 Å². The van der Waals surface area contributed by atoms with E-state index in [2.05, 4.69) is 15.1 Å². The van der Waals surface area contributed by atoms with Gasteiger partial charge in [-0.15, -0.1) is 5.10 Å². The minimum Gasteiger partial charge on any atom is -0.258 e. The number of nitro groups is 1. The molecule has 2 rings (SSSR count). The molecule has 0 spiro atoms. The molecule has 0 amide bonds. The Kier molecular flexibility index (Phi) is 4.06. The monoisotopic (exact) mass is 319 g/mol. The van der Waals surface area contributed by atoms with Crippen molar-refractivity contribution in [2.75, 3.05) is 0 Å². The Morgan fingerprint density at radius 1 is 1.41 bits per heavy atom. The molecule has 0 aliphatic rings. The lowest BCUT2D eigenvalue weighted by atomic mass is 10.2. The molecule has 2 aromatic rings. The Bertz CT molecular complexity index is 704. The molecule has 0 atom stereocenters. The van der Waals surface area contributed by atoms with E-state index in [0.717, 1.165) is 11.0 Å². The standard InChI is InChI=1S/C11H9F4N5O2/c1-6-8(20(21)22)3-2-7(17-6)4-19-5-16-10(18-19)11(14,15)9(12)13/h2-3,5,9H,4H2,1H3. The molecular formula is C11H9F4N5O2. The molecule has 0 fully saturated rings. The first-order chi connectivity index (χ1) is 10.2. The van der Waals surface area contributed by atoms with Crippen LogP contribution in [0.4, 0.5) is 23.2 Å². The molecule has 7 nitrogen and oxygen atoms in total. The van der Waals surface area contributed by atoms with Gasteiger partial charge >= 0.3 is 12.3 Å². The number of alkyl halides is 4. The summed E-state index contributed by atoms with van der Waals surface area (Å²) in [5, 5.41) is 13.9. The number of aromatic nitrogens is 4. The minimum atomic E-state index is -4.44. The van der Waals surface area contributed by atoms with Crippen molar-refractivity contribution < 1.29 is 22.5 Å². The molecule has 0 aromatic carbocycles. The fourth-order valence-corrected chi connectivity index (χ4v) is 1.67. The quantitative estimate of drug-likeness (QED) is 0.479. The van der Waals surface area contributed by atoms with Crippen LogP contribution in [0, 0.1) is 17.0 Å². The molecule has 22 heavy (non-hydrogen) atoms. The number of hydrogen-bond acceptors (Lipinski definition) is 5. The Morgan fingerprint density at radius 3 is 2.64 bits per heavy atom. The summed E-state index contributed by atoms with van der Waals surface area (Å²) in [7, 11) is 0. The Labute approximate surface area is 120 Å². The third kappa shape index (κ3) is 3.02. The zero-order chi connectivity index (χ0) is 16.5. The topological polar surface area (TPSA) is 86.7 Å². The summed E-state index contributed by atoms with van der Waals surface area (Å²) in [6.45, 7) is 1.28. The van der Waals surface area contributed by atoms with Crippen LogP contribution in [0.25, 0.3) is 0 Å². The van der Waals surface area contributed by atoms with Crippen molar-refractivity contribution >= 4 is 5.69 Å². The number of rotatable bonds is 5. The van der Waals surface area contributed by atoms with Crippen LogP contribution in [0.3, 0.4) is 0 Å². The molecule has 0 N–H and O–H groups in total. The maximum absolute atomic E-state index is 13.1. The molecule has 0 aliphatic heterocycles. The average molecular weight is 319 g/mol. The van der Waals surface area contributed by atoms with Gasteiger partial charge in [0.2, 0.25) is 5.82 Å². The lowest BCUT2D eigenvalue weighted by Gasteiger charge is -2.10. The normalized spacial score (nSPS) is 11.9. The number of pyridine rings is 1. The predicted molar refractivity (Wildman–Crippen MR) is 64.7 cm³/mol. The van der Waals surface area contributed by atoms with E-state index in [1.165, 1.54) is 19.1 Å². The SMILES string of the molecule is Cc1nc(Cn2cnc(C(F)(F)C(F)F)n2)ccc1[N+](=O)[O-]. The van der Waals surface area contributed by atoms with E-state index in [-0.39, 0.29) is 17.9 Å². The lowest BCUT2D eigenvalue weighted by Crippen LogP contribution is -2.25. The first-order valence-corrected chi connectivity index (χ1v) is 5.88. The van der Waals surface area contributed by atoms with Gasteiger partial charge in [0.05, 0.1) is 17.2 Å². The van der Waals surface area contributed by atoms with Gasteiger partial charge in [0.15, 0.2) is 0 Å². The van der Waals surface area contributed by atoms with Crippen molar-refractivity contribution in [1.82, 2.24) is 19.7 Å². The first kappa shape index (κ1) is 15.8. The highest BCUT2D eigenvalue weighted by molar-refractivity contribution is 5.35. The Morgan fingerprint density at radius 2 is 2.09 bits per heavy atom. The van der Waals surface area contributed by atoms with Crippen molar-refractivity contribution in [2.24, 2.45) is 0 Å². The van der Waals surface area contributed by atoms with Gasteiger partial charge in [-0.3, -0.25) is 10.1 Å². The molecule has 0 saturated carbocycles. The number of aryl methyl sites for hydroxylation is 1. The molecular weight excluding hydrogens is 310 g/mol. The van der Waals surface area contributed by atoms with E-state index >= 15 is 0 Å². The van der Waals surface area contributed by atoms with Gasteiger partial charge in [-0.2, -0.15) is 8.78 Å². The fraction of sp³-hybridized carbons (Fsp3) is 0.364. The van der Waals surface area contributed by atoms with Crippen LogP contribution >= 0.6 is 0 Å². The highest BCUT2D eigenvalue weighted by atomic mass is 19.3. The van der Waals surface area contributed by atoms with Gasteiger partial charge in [-0.05, 0) is 13.0 Å². The third-order valence-electron chi connectivity index (χ3n) is 2.74. The van der Waals surface area contributed by atoms with E-state index < -0.39 is 23.1 Å². The summed E-state index contributed by atoms with van der Waals surface area (Å²) in [6.07, 6.45) is -3.05. The van der Waals surface area contributed by atoms with Crippen LogP contribution < -0.4 is 0 Å².